The lowest BCUT2D eigenvalue weighted by molar-refractivity contribution is 0.0141. The average molecular weight is 346 g/mol. The molecule has 2 aromatic rings. The lowest BCUT2D eigenvalue weighted by Crippen LogP contribution is -2.26. The molecular weight excluding hydrogens is 328 g/mol. The Morgan fingerprint density at radius 2 is 2.12 bits per heavy atom. The van der Waals surface area contributed by atoms with E-state index < -0.39 is 0 Å². The van der Waals surface area contributed by atoms with E-state index in [-0.39, 0.29) is 11.3 Å². The maximum atomic E-state index is 12.1. The lowest BCUT2D eigenvalue weighted by Gasteiger charge is -2.18. The van der Waals surface area contributed by atoms with Crippen LogP contribution in [0.3, 0.4) is 0 Å². The number of amides is 1. The summed E-state index contributed by atoms with van der Waals surface area (Å²) in [5.41, 5.74) is 3.95. The van der Waals surface area contributed by atoms with Gasteiger partial charge in [-0.1, -0.05) is 6.92 Å². The first-order valence-electron chi connectivity index (χ1n) is 7.91. The monoisotopic (exact) mass is 346 g/mol. The van der Waals surface area contributed by atoms with E-state index in [2.05, 4.69) is 17.4 Å². The van der Waals surface area contributed by atoms with Gasteiger partial charge in [0.05, 0.1) is 6.61 Å². The molecule has 1 amide bonds. The highest BCUT2D eigenvalue weighted by atomic mass is 32.1. The summed E-state index contributed by atoms with van der Waals surface area (Å²) in [6.07, 6.45) is 2.29. The quantitative estimate of drug-likeness (QED) is 0.843. The number of fused-ring (bicyclic) bond motifs is 1. The summed E-state index contributed by atoms with van der Waals surface area (Å²) in [6, 6.07) is 5.67. The zero-order valence-corrected chi connectivity index (χ0v) is 14.1. The Balaban J connectivity index is 1.43. The first-order valence-corrected chi connectivity index (χ1v) is 8.79. The highest BCUT2D eigenvalue weighted by Crippen LogP contribution is 2.44. The van der Waals surface area contributed by atoms with Crippen LogP contribution in [0.5, 0.6) is 11.5 Å². The Labute approximate surface area is 143 Å². The molecule has 1 aromatic carbocycles. The van der Waals surface area contributed by atoms with E-state index in [1.54, 1.807) is 5.38 Å². The number of aromatic nitrogens is 1. The smallest absolute Gasteiger partial charge is 0.294 e. The fraction of sp³-hybridized carbons (Fsp3) is 0.412. The van der Waals surface area contributed by atoms with Crippen molar-refractivity contribution < 1.29 is 19.1 Å². The molecule has 0 radical (unpaired) electrons. The van der Waals surface area contributed by atoms with Crippen molar-refractivity contribution in [2.75, 3.05) is 19.8 Å². The molecule has 4 rings (SSSR count). The number of hydrogen-bond donors (Lipinski definition) is 1. The van der Waals surface area contributed by atoms with Crippen LogP contribution in [0.15, 0.2) is 23.6 Å². The van der Waals surface area contributed by atoms with Crippen molar-refractivity contribution in [1.82, 2.24) is 10.5 Å². The second kappa shape index (κ2) is 6.07. The summed E-state index contributed by atoms with van der Waals surface area (Å²) in [5, 5.41) is 2.48. The number of hydroxylamine groups is 1. The summed E-state index contributed by atoms with van der Waals surface area (Å²) in [7, 11) is 0. The number of carbonyl (C=O) groups excluding carboxylic acids is 1. The molecule has 2 aliphatic rings. The highest BCUT2D eigenvalue weighted by molar-refractivity contribution is 7.13. The molecule has 2 heterocycles. The molecule has 0 unspecified atom stereocenters. The van der Waals surface area contributed by atoms with Crippen LogP contribution in [0.25, 0.3) is 10.6 Å². The topological polar surface area (TPSA) is 69.7 Å². The van der Waals surface area contributed by atoms with E-state index in [4.69, 9.17) is 14.3 Å². The van der Waals surface area contributed by atoms with Crippen molar-refractivity contribution in [3.05, 3.63) is 29.3 Å². The fourth-order valence-corrected chi connectivity index (χ4v) is 3.17. The van der Waals surface area contributed by atoms with Gasteiger partial charge in [0.15, 0.2) is 11.5 Å². The first-order chi connectivity index (χ1) is 11.6. The predicted molar refractivity (Wildman–Crippen MR) is 89.3 cm³/mol. The number of benzene rings is 1. The molecule has 1 aromatic heterocycles. The highest BCUT2D eigenvalue weighted by Gasteiger charge is 2.37. The van der Waals surface area contributed by atoms with Crippen molar-refractivity contribution >= 4 is 17.2 Å². The van der Waals surface area contributed by atoms with Crippen LogP contribution in [-0.2, 0) is 4.84 Å². The van der Waals surface area contributed by atoms with Crippen LogP contribution in [0, 0.1) is 5.41 Å². The molecule has 0 atom stereocenters. The number of thiazole rings is 1. The molecule has 6 nitrogen and oxygen atoms in total. The summed E-state index contributed by atoms with van der Waals surface area (Å²) >= 11 is 1.41. The zero-order chi connectivity index (χ0) is 16.6. The van der Waals surface area contributed by atoms with Crippen molar-refractivity contribution in [2.24, 2.45) is 5.41 Å². The summed E-state index contributed by atoms with van der Waals surface area (Å²) < 4.78 is 11.1. The Hall–Kier alpha value is -2.12. The Morgan fingerprint density at radius 3 is 2.92 bits per heavy atom. The molecule has 24 heavy (non-hydrogen) atoms. The van der Waals surface area contributed by atoms with Gasteiger partial charge >= 0.3 is 0 Å². The van der Waals surface area contributed by atoms with Gasteiger partial charge in [0.2, 0.25) is 0 Å². The van der Waals surface area contributed by atoms with Gasteiger partial charge in [0.25, 0.3) is 5.91 Å². The standard InChI is InChI=1S/C17H18N2O4S/c1-17(4-5-17)10-23-19-15(20)12-9-24-16(18-12)11-2-3-13-14(8-11)22-7-6-21-13/h2-3,8-9H,4-7,10H2,1H3,(H,19,20). The number of nitrogens with zero attached hydrogens (tertiary/aromatic N) is 1. The lowest BCUT2D eigenvalue weighted by atomic mass is 10.2. The number of hydrogen-bond acceptors (Lipinski definition) is 6. The molecule has 0 bridgehead atoms. The molecule has 1 aliphatic carbocycles. The van der Waals surface area contributed by atoms with Crippen LogP contribution < -0.4 is 15.0 Å². The first kappa shape index (κ1) is 15.4. The van der Waals surface area contributed by atoms with Crippen molar-refractivity contribution in [2.45, 2.75) is 19.8 Å². The van der Waals surface area contributed by atoms with E-state index >= 15 is 0 Å². The fourth-order valence-electron chi connectivity index (χ4n) is 2.37. The van der Waals surface area contributed by atoms with Gasteiger partial charge < -0.3 is 9.47 Å². The van der Waals surface area contributed by atoms with Crippen molar-refractivity contribution in [3.8, 4) is 22.1 Å². The second-order valence-corrected chi connectivity index (χ2v) is 7.28. The maximum Gasteiger partial charge on any atom is 0.294 e. The minimum Gasteiger partial charge on any atom is -0.486 e. The van der Waals surface area contributed by atoms with Crippen molar-refractivity contribution in [1.29, 1.82) is 0 Å². The van der Waals surface area contributed by atoms with E-state index in [1.807, 2.05) is 18.2 Å². The molecule has 1 N–H and O–H groups in total. The molecule has 0 spiro atoms. The van der Waals surface area contributed by atoms with Gasteiger partial charge in [-0.3, -0.25) is 9.63 Å². The third kappa shape index (κ3) is 3.22. The van der Waals surface area contributed by atoms with Crippen molar-refractivity contribution in [3.63, 3.8) is 0 Å². The van der Waals surface area contributed by atoms with Crippen LogP contribution in [0.4, 0.5) is 0 Å². The van der Waals surface area contributed by atoms with Crippen LogP contribution in [0.2, 0.25) is 0 Å². The van der Waals surface area contributed by atoms with Gasteiger partial charge in [0.1, 0.15) is 23.9 Å². The molecule has 1 saturated carbocycles. The molecule has 126 valence electrons. The van der Waals surface area contributed by atoms with E-state index in [0.29, 0.717) is 31.3 Å². The van der Waals surface area contributed by atoms with E-state index in [1.165, 1.54) is 11.3 Å². The number of nitrogens with one attached hydrogen (secondary N) is 1. The average Bonchev–Trinajstić information content (AvgIpc) is 3.13. The van der Waals surface area contributed by atoms with Crippen LogP contribution >= 0.6 is 11.3 Å². The minimum absolute atomic E-state index is 0.228. The Bertz CT molecular complexity index is 770. The molecular formula is C17H18N2O4S. The minimum atomic E-state index is -0.320. The van der Waals surface area contributed by atoms with E-state index in [9.17, 15) is 4.79 Å². The van der Waals surface area contributed by atoms with Crippen LogP contribution in [0.1, 0.15) is 30.3 Å². The summed E-state index contributed by atoms with van der Waals surface area (Å²) in [6.45, 7) is 3.78. The molecule has 0 saturated heterocycles. The SMILES string of the molecule is CC1(CONC(=O)c2csc(-c3ccc4c(c3)OCCO4)n2)CC1. The zero-order valence-electron chi connectivity index (χ0n) is 13.3. The number of rotatable bonds is 5. The van der Waals surface area contributed by atoms with E-state index in [0.717, 1.165) is 29.2 Å². The second-order valence-electron chi connectivity index (χ2n) is 6.43. The largest absolute Gasteiger partial charge is 0.486 e. The normalized spacial score (nSPS) is 17.4. The third-order valence-corrected chi connectivity index (χ3v) is 5.11. The predicted octanol–water partition coefficient (Wildman–Crippen LogP) is 3.04. The Morgan fingerprint density at radius 1 is 1.33 bits per heavy atom. The molecule has 1 aliphatic heterocycles. The van der Waals surface area contributed by atoms with Crippen LogP contribution in [-0.4, -0.2) is 30.7 Å². The molecule has 7 heteroatoms. The maximum absolute atomic E-state index is 12.1. The Kier molecular flexibility index (Phi) is 3.90. The summed E-state index contributed by atoms with van der Waals surface area (Å²) in [5.74, 6) is 1.13. The summed E-state index contributed by atoms with van der Waals surface area (Å²) in [4.78, 5) is 21.8. The number of carbonyl (C=O) groups is 1. The van der Waals surface area contributed by atoms with Gasteiger partial charge in [-0.15, -0.1) is 11.3 Å². The van der Waals surface area contributed by atoms with Gasteiger partial charge in [-0.25, -0.2) is 10.5 Å². The third-order valence-electron chi connectivity index (χ3n) is 4.21. The molecule has 1 fully saturated rings. The van der Waals surface area contributed by atoms with Gasteiger partial charge in [0, 0.05) is 10.9 Å². The van der Waals surface area contributed by atoms with Gasteiger partial charge in [-0.2, -0.15) is 0 Å². The van der Waals surface area contributed by atoms with Gasteiger partial charge in [-0.05, 0) is 36.5 Å². The number of ether oxygens (including phenoxy) is 2.